The first-order chi connectivity index (χ1) is 12.7. The van der Waals surface area contributed by atoms with Crippen molar-refractivity contribution in [2.75, 3.05) is 6.54 Å². The number of aromatic nitrogens is 2. The lowest BCUT2D eigenvalue weighted by Gasteiger charge is -2.25. The van der Waals surface area contributed by atoms with Crippen molar-refractivity contribution < 1.29 is 9.53 Å². The Balaban J connectivity index is 1.39. The molecule has 0 bridgehead atoms. The summed E-state index contributed by atoms with van der Waals surface area (Å²) in [6.07, 6.45) is 1.97. The van der Waals surface area contributed by atoms with Crippen LogP contribution in [0.2, 0.25) is 5.02 Å². The van der Waals surface area contributed by atoms with Gasteiger partial charge in [0.15, 0.2) is 6.10 Å². The smallest absolute Gasteiger partial charge is 0.264 e. The maximum atomic E-state index is 13.1. The van der Waals surface area contributed by atoms with Crippen LogP contribution in [-0.2, 0) is 11.2 Å². The highest BCUT2D eigenvalue weighted by molar-refractivity contribution is 6.30. The molecule has 0 radical (unpaired) electrons. The summed E-state index contributed by atoms with van der Waals surface area (Å²) in [6.45, 7) is 0.734. The molecule has 1 amide bonds. The number of likely N-dealkylation sites (tertiary alicyclic amines) is 1. The van der Waals surface area contributed by atoms with Gasteiger partial charge in [0.1, 0.15) is 11.6 Å². The molecule has 1 aromatic heterocycles. The molecule has 0 aliphatic carbocycles. The Morgan fingerprint density at radius 1 is 1.27 bits per heavy atom. The van der Waals surface area contributed by atoms with E-state index in [2.05, 4.69) is 4.98 Å². The number of nitrogens with one attached hydrogen (secondary N) is 1. The number of H-pyrrole nitrogens is 1. The maximum Gasteiger partial charge on any atom is 0.264 e. The summed E-state index contributed by atoms with van der Waals surface area (Å²) in [6, 6.07) is 13.4. The molecule has 3 aromatic rings. The van der Waals surface area contributed by atoms with Crippen LogP contribution < -0.4 is 4.74 Å². The molecule has 5 rings (SSSR count). The highest BCUT2D eigenvalue weighted by Gasteiger charge is 2.39. The van der Waals surface area contributed by atoms with E-state index in [0.717, 1.165) is 47.6 Å². The van der Waals surface area contributed by atoms with Crippen molar-refractivity contribution in [3.8, 4) is 5.75 Å². The second-order valence-corrected chi connectivity index (χ2v) is 7.33. The topological polar surface area (TPSA) is 58.2 Å². The van der Waals surface area contributed by atoms with E-state index in [1.54, 1.807) is 6.07 Å². The van der Waals surface area contributed by atoms with Gasteiger partial charge in [0, 0.05) is 18.0 Å². The number of carbonyl (C=O) groups excluding carboxylic acids is 1. The summed E-state index contributed by atoms with van der Waals surface area (Å²) in [5.41, 5.74) is 2.93. The first-order valence-electron chi connectivity index (χ1n) is 8.89. The van der Waals surface area contributed by atoms with Crippen molar-refractivity contribution in [2.24, 2.45) is 0 Å². The average molecular weight is 368 g/mol. The molecule has 1 saturated heterocycles. The Morgan fingerprint density at radius 2 is 2.15 bits per heavy atom. The predicted octanol–water partition coefficient (Wildman–Crippen LogP) is 3.88. The standard InChI is InChI=1S/C20H18ClN3O2/c21-13-7-8-17-12(10-13)11-18(26-17)20(25)24-9-3-6-16(24)19-22-14-4-1-2-5-15(14)23-19/h1-2,4-5,7-8,10,16,18H,3,6,9,11H2,(H,22,23). The quantitative estimate of drug-likeness (QED) is 0.747. The zero-order chi connectivity index (χ0) is 17.7. The summed E-state index contributed by atoms with van der Waals surface area (Å²) >= 11 is 6.06. The van der Waals surface area contributed by atoms with E-state index in [4.69, 9.17) is 21.3 Å². The Hall–Kier alpha value is -2.53. The second-order valence-electron chi connectivity index (χ2n) is 6.89. The van der Waals surface area contributed by atoms with Gasteiger partial charge in [-0.25, -0.2) is 4.98 Å². The number of ether oxygens (including phenoxy) is 1. The van der Waals surface area contributed by atoms with Crippen LogP contribution in [0.5, 0.6) is 5.75 Å². The van der Waals surface area contributed by atoms with Crippen LogP contribution in [-0.4, -0.2) is 33.4 Å². The van der Waals surface area contributed by atoms with Crippen LogP contribution in [0.3, 0.4) is 0 Å². The van der Waals surface area contributed by atoms with Crippen molar-refractivity contribution in [2.45, 2.75) is 31.4 Å². The van der Waals surface area contributed by atoms with E-state index < -0.39 is 6.10 Å². The number of nitrogens with zero attached hydrogens (tertiary/aromatic N) is 2. The molecule has 5 nitrogen and oxygen atoms in total. The number of rotatable bonds is 2. The third-order valence-electron chi connectivity index (χ3n) is 5.23. The molecule has 1 N–H and O–H groups in total. The number of aromatic amines is 1. The van der Waals surface area contributed by atoms with Crippen LogP contribution >= 0.6 is 11.6 Å². The van der Waals surface area contributed by atoms with Gasteiger partial charge in [-0.1, -0.05) is 23.7 Å². The highest BCUT2D eigenvalue weighted by Crippen LogP contribution is 2.36. The predicted molar refractivity (Wildman–Crippen MR) is 99.4 cm³/mol. The van der Waals surface area contributed by atoms with Crippen LogP contribution in [0.4, 0.5) is 0 Å². The summed E-state index contributed by atoms with van der Waals surface area (Å²) in [5.74, 6) is 1.64. The first-order valence-corrected chi connectivity index (χ1v) is 9.27. The van der Waals surface area contributed by atoms with Gasteiger partial charge >= 0.3 is 0 Å². The normalized spacial score (nSPS) is 21.8. The molecule has 2 unspecified atom stereocenters. The van der Waals surface area contributed by atoms with E-state index in [1.165, 1.54) is 0 Å². The van der Waals surface area contributed by atoms with E-state index in [-0.39, 0.29) is 11.9 Å². The molecule has 2 aliphatic rings. The molecule has 2 aliphatic heterocycles. The second kappa shape index (κ2) is 6.02. The van der Waals surface area contributed by atoms with Crippen LogP contribution in [0.25, 0.3) is 11.0 Å². The molecular formula is C20H18ClN3O2. The minimum atomic E-state index is -0.478. The average Bonchev–Trinajstić information content (AvgIpc) is 3.36. The number of benzene rings is 2. The van der Waals surface area contributed by atoms with Gasteiger partial charge in [-0.05, 0) is 48.7 Å². The Bertz CT molecular complexity index is 967. The summed E-state index contributed by atoms with van der Waals surface area (Å²) in [7, 11) is 0. The lowest BCUT2D eigenvalue weighted by atomic mass is 10.1. The summed E-state index contributed by atoms with van der Waals surface area (Å²) < 4.78 is 5.90. The maximum absolute atomic E-state index is 13.1. The SMILES string of the molecule is O=C(C1Cc2cc(Cl)ccc2O1)N1CCCC1c1nc2ccccc2[nH]1. The molecule has 0 saturated carbocycles. The molecule has 2 atom stereocenters. The van der Waals surface area contributed by atoms with Crippen molar-refractivity contribution in [3.05, 3.63) is 58.9 Å². The fourth-order valence-corrected chi connectivity index (χ4v) is 4.18. The highest BCUT2D eigenvalue weighted by atomic mass is 35.5. The van der Waals surface area contributed by atoms with Crippen LogP contribution in [0.1, 0.15) is 30.3 Å². The molecular weight excluding hydrogens is 350 g/mol. The number of imidazole rings is 1. The molecule has 1 fully saturated rings. The Labute approximate surface area is 155 Å². The lowest BCUT2D eigenvalue weighted by Crippen LogP contribution is -2.41. The number of carbonyl (C=O) groups is 1. The van der Waals surface area contributed by atoms with Crippen LogP contribution in [0.15, 0.2) is 42.5 Å². The molecule has 132 valence electrons. The fourth-order valence-electron chi connectivity index (χ4n) is 3.98. The number of hydrogen-bond acceptors (Lipinski definition) is 3. The van der Waals surface area contributed by atoms with Crippen molar-refractivity contribution in [3.63, 3.8) is 0 Å². The zero-order valence-corrected chi connectivity index (χ0v) is 14.9. The van der Waals surface area contributed by atoms with E-state index in [0.29, 0.717) is 11.4 Å². The number of amides is 1. The number of halogens is 1. The minimum absolute atomic E-state index is 0.0224. The lowest BCUT2D eigenvalue weighted by molar-refractivity contribution is -0.139. The summed E-state index contributed by atoms with van der Waals surface area (Å²) in [4.78, 5) is 23.1. The third-order valence-corrected chi connectivity index (χ3v) is 5.47. The fraction of sp³-hybridized carbons (Fsp3) is 0.300. The number of para-hydroxylation sites is 2. The van der Waals surface area contributed by atoms with E-state index in [9.17, 15) is 4.79 Å². The van der Waals surface area contributed by atoms with Crippen molar-refractivity contribution >= 4 is 28.5 Å². The molecule has 26 heavy (non-hydrogen) atoms. The largest absolute Gasteiger partial charge is 0.480 e. The van der Waals surface area contributed by atoms with Gasteiger partial charge in [0.25, 0.3) is 5.91 Å². The molecule has 0 spiro atoms. The van der Waals surface area contributed by atoms with Crippen LogP contribution in [0, 0.1) is 0 Å². The van der Waals surface area contributed by atoms with Gasteiger partial charge in [0.2, 0.25) is 0 Å². The van der Waals surface area contributed by atoms with Gasteiger partial charge in [0.05, 0.1) is 17.1 Å². The van der Waals surface area contributed by atoms with Gasteiger partial charge in [-0.15, -0.1) is 0 Å². The van der Waals surface area contributed by atoms with E-state index >= 15 is 0 Å². The zero-order valence-electron chi connectivity index (χ0n) is 14.1. The van der Waals surface area contributed by atoms with Gasteiger partial charge in [-0.2, -0.15) is 0 Å². The molecule has 3 heterocycles. The Kier molecular flexibility index (Phi) is 3.64. The van der Waals surface area contributed by atoms with E-state index in [1.807, 2.05) is 41.3 Å². The summed E-state index contributed by atoms with van der Waals surface area (Å²) in [5, 5.41) is 0.668. The van der Waals surface area contributed by atoms with Gasteiger partial charge in [-0.3, -0.25) is 4.79 Å². The molecule has 6 heteroatoms. The minimum Gasteiger partial charge on any atom is -0.480 e. The third kappa shape index (κ3) is 2.54. The van der Waals surface area contributed by atoms with Gasteiger partial charge < -0.3 is 14.6 Å². The first kappa shape index (κ1) is 15.7. The number of hydrogen-bond donors (Lipinski definition) is 1. The monoisotopic (exact) mass is 367 g/mol. The number of fused-ring (bicyclic) bond motifs is 2. The van der Waals surface area contributed by atoms with Crippen molar-refractivity contribution in [1.82, 2.24) is 14.9 Å². The van der Waals surface area contributed by atoms with Crippen molar-refractivity contribution in [1.29, 1.82) is 0 Å². The molecule has 2 aromatic carbocycles. The Morgan fingerprint density at radius 3 is 3.04 bits per heavy atom.